The normalized spacial score (nSPS) is 16.6. The molecule has 0 saturated heterocycles. The third-order valence-electron chi connectivity index (χ3n) is 3.34. The predicted molar refractivity (Wildman–Crippen MR) is 65.4 cm³/mol. The lowest BCUT2D eigenvalue weighted by atomic mass is 9.87. The highest BCUT2D eigenvalue weighted by molar-refractivity contribution is 9.10. The van der Waals surface area contributed by atoms with Crippen molar-refractivity contribution in [2.75, 3.05) is 0 Å². The first-order valence-corrected chi connectivity index (χ1v) is 6.23. The van der Waals surface area contributed by atoms with Gasteiger partial charge in [-0.1, -0.05) is 0 Å². The van der Waals surface area contributed by atoms with Gasteiger partial charge in [-0.15, -0.1) is 0 Å². The maximum absolute atomic E-state index is 13.3. The van der Waals surface area contributed by atoms with Gasteiger partial charge in [-0.2, -0.15) is 0 Å². The molecule has 1 saturated carbocycles. The van der Waals surface area contributed by atoms with E-state index < -0.39 is 5.41 Å². The summed E-state index contributed by atoms with van der Waals surface area (Å²) in [7, 11) is 0. The lowest BCUT2D eigenvalue weighted by Gasteiger charge is -2.16. The van der Waals surface area contributed by atoms with E-state index in [0.717, 1.165) is 24.0 Å². The molecule has 2 rings (SSSR count). The average molecular weight is 299 g/mol. The summed E-state index contributed by atoms with van der Waals surface area (Å²) < 4.78 is 13.7. The number of hydrogen-bond donors (Lipinski definition) is 0. The summed E-state index contributed by atoms with van der Waals surface area (Å²) in [6, 6.07) is 3.09. The lowest BCUT2D eigenvalue weighted by Crippen LogP contribution is -2.22. The summed E-state index contributed by atoms with van der Waals surface area (Å²) in [6.45, 7) is 1.79. The zero-order valence-electron chi connectivity index (χ0n) is 9.43. The monoisotopic (exact) mass is 298 g/mol. The number of aryl methyl sites for hydroxylation is 1. The number of benzene rings is 1. The molecule has 0 amide bonds. The quantitative estimate of drug-likeness (QED) is 0.632. The van der Waals surface area contributed by atoms with Gasteiger partial charge in [-0.25, -0.2) is 4.39 Å². The van der Waals surface area contributed by atoms with E-state index in [0.29, 0.717) is 10.8 Å². The lowest BCUT2D eigenvalue weighted by molar-refractivity contribution is -0.124. The van der Waals surface area contributed by atoms with E-state index in [4.69, 9.17) is 0 Å². The Morgan fingerprint density at radius 3 is 2.71 bits per heavy atom. The van der Waals surface area contributed by atoms with Gasteiger partial charge in [0, 0.05) is 0 Å². The number of carbonyl (C=O) groups is 2. The predicted octanol–water partition coefficient (Wildman–Crippen LogP) is 3.09. The van der Waals surface area contributed by atoms with Gasteiger partial charge in [0.2, 0.25) is 0 Å². The van der Waals surface area contributed by atoms with Crippen LogP contribution in [0.4, 0.5) is 4.39 Å². The summed E-state index contributed by atoms with van der Waals surface area (Å²) in [4.78, 5) is 22.4. The maximum Gasteiger partial charge on any atom is 0.150 e. The zero-order valence-corrected chi connectivity index (χ0v) is 11.0. The molecule has 1 aliphatic carbocycles. The molecule has 0 N–H and O–H groups in total. The molecule has 90 valence electrons. The molecular weight excluding hydrogens is 287 g/mol. The van der Waals surface area contributed by atoms with Gasteiger partial charge in [0.15, 0.2) is 0 Å². The van der Waals surface area contributed by atoms with E-state index in [2.05, 4.69) is 15.9 Å². The topological polar surface area (TPSA) is 34.1 Å². The number of rotatable bonds is 4. The summed E-state index contributed by atoms with van der Waals surface area (Å²) in [5.41, 5.74) is 1.07. The van der Waals surface area contributed by atoms with Crippen LogP contribution in [0.3, 0.4) is 0 Å². The molecule has 1 aromatic carbocycles. The third-order valence-corrected chi connectivity index (χ3v) is 3.94. The number of ketones is 1. The highest BCUT2D eigenvalue weighted by Gasteiger charge is 2.51. The first-order valence-electron chi connectivity index (χ1n) is 5.44. The van der Waals surface area contributed by atoms with E-state index in [1.165, 1.54) is 6.07 Å². The highest BCUT2D eigenvalue weighted by Crippen LogP contribution is 2.51. The van der Waals surface area contributed by atoms with Crippen molar-refractivity contribution in [1.29, 1.82) is 0 Å². The molecule has 2 nitrogen and oxygen atoms in total. The number of hydrogen-bond acceptors (Lipinski definition) is 2. The average Bonchev–Trinajstić information content (AvgIpc) is 3.05. The standard InChI is InChI=1S/C13H12BrFO2/c1-8-6-11(15)10(14)7-9(8)13(3-4-13)12(17)2-5-16/h5-7H,2-4H2,1H3. The van der Waals surface area contributed by atoms with Crippen LogP contribution in [0.25, 0.3) is 0 Å². The first kappa shape index (κ1) is 12.4. The van der Waals surface area contributed by atoms with Crippen LogP contribution in [0.2, 0.25) is 0 Å². The summed E-state index contributed by atoms with van der Waals surface area (Å²) in [5, 5.41) is 0. The first-order chi connectivity index (χ1) is 8.01. The van der Waals surface area contributed by atoms with Crippen molar-refractivity contribution in [3.05, 3.63) is 33.5 Å². The molecule has 0 radical (unpaired) electrons. The van der Waals surface area contributed by atoms with Gasteiger partial charge < -0.3 is 4.79 Å². The van der Waals surface area contributed by atoms with E-state index in [9.17, 15) is 14.0 Å². The van der Waals surface area contributed by atoms with Gasteiger partial charge in [-0.3, -0.25) is 4.79 Å². The van der Waals surface area contributed by atoms with Crippen molar-refractivity contribution in [2.24, 2.45) is 0 Å². The summed E-state index contributed by atoms with van der Waals surface area (Å²) in [5.74, 6) is -0.390. The van der Waals surface area contributed by atoms with E-state index in [1.807, 2.05) is 0 Å². The largest absolute Gasteiger partial charge is 0.303 e. The van der Waals surface area contributed by atoms with Gasteiger partial charge in [0.05, 0.1) is 16.3 Å². The Morgan fingerprint density at radius 2 is 2.18 bits per heavy atom. The third kappa shape index (κ3) is 2.06. The van der Waals surface area contributed by atoms with Crippen molar-refractivity contribution in [3.63, 3.8) is 0 Å². The van der Waals surface area contributed by atoms with Crippen molar-refractivity contribution in [1.82, 2.24) is 0 Å². The molecule has 1 aliphatic rings. The second kappa shape index (κ2) is 4.33. The van der Waals surface area contributed by atoms with Crippen molar-refractivity contribution >= 4 is 28.0 Å². The number of halogens is 2. The van der Waals surface area contributed by atoms with E-state index in [1.54, 1.807) is 13.0 Å². The summed E-state index contributed by atoms with van der Waals surface area (Å²) >= 11 is 3.13. The SMILES string of the molecule is Cc1cc(F)c(Br)cc1C1(C(=O)CC=O)CC1. The Kier molecular flexibility index (Phi) is 3.17. The van der Waals surface area contributed by atoms with Crippen molar-refractivity contribution < 1.29 is 14.0 Å². The van der Waals surface area contributed by atoms with Gasteiger partial charge in [0.1, 0.15) is 17.9 Å². The number of carbonyl (C=O) groups excluding carboxylic acids is 2. The van der Waals surface area contributed by atoms with E-state index in [-0.39, 0.29) is 18.0 Å². The molecule has 0 atom stereocenters. The molecule has 1 fully saturated rings. The number of aldehydes is 1. The van der Waals surface area contributed by atoms with Gasteiger partial charge in [0.25, 0.3) is 0 Å². The van der Waals surface area contributed by atoms with Crippen LogP contribution in [0.5, 0.6) is 0 Å². The molecule has 0 aromatic heterocycles. The molecule has 1 aromatic rings. The van der Waals surface area contributed by atoms with Crippen LogP contribution in [-0.2, 0) is 15.0 Å². The molecule has 0 aliphatic heterocycles. The molecule has 17 heavy (non-hydrogen) atoms. The van der Waals surface area contributed by atoms with Crippen LogP contribution in [0, 0.1) is 12.7 Å². The zero-order chi connectivity index (χ0) is 12.6. The smallest absolute Gasteiger partial charge is 0.150 e. The molecule has 0 bridgehead atoms. The fourth-order valence-corrected chi connectivity index (χ4v) is 2.60. The van der Waals surface area contributed by atoms with Gasteiger partial charge in [-0.05, 0) is 59.0 Å². The molecule has 0 heterocycles. The molecule has 0 unspecified atom stereocenters. The van der Waals surface area contributed by atoms with Crippen molar-refractivity contribution in [3.8, 4) is 0 Å². The van der Waals surface area contributed by atoms with Crippen molar-refractivity contribution in [2.45, 2.75) is 31.6 Å². The van der Waals surface area contributed by atoms with Crippen LogP contribution in [0.1, 0.15) is 30.4 Å². The Balaban J connectivity index is 2.44. The maximum atomic E-state index is 13.3. The fourth-order valence-electron chi connectivity index (χ4n) is 2.26. The van der Waals surface area contributed by atoms with Crippen LogP contribution in [0.15, 0.2) is 16.6 Å². The molecular formula is C13H12BrFO2. The fraction of sp³-hybridized carbons (Fsp3) is 0.385. The molecule has 4 heteroatoms. The highest BCUT2D eigenvalue weighted by atomic mass is 79.9. The second-order valence-electron chi connectivity index (χ2n) is 4.46. The van der Waals surface area contributed by atoms with Crippen LogP contribution < -0.4 is 0 Å². The minimum Gasteiger partial charge on any atom is -0.303 e. The summed E-state index contributed by atoms with van der Waals surface area (Å²) in [6.07, 6.45) is 2.07. The second-order valence-corrected chi connectivity index (χ2v) is 5.31. The minimum absolute atomic E-state index is 0.0610. The minimum atomic E-state index is -0.540. The Morgan fingerprint density at radius 1 is 1.53 bits per heavy atom. The Labute approximate surface area is 107 Å². The number of Topliss-reactive ketones (excluding diaryl/α,β-unsaturated/α-hetero) is 1. The van der Waals surface area contributed by atoms with Crippen LogP contribution in [-0.4, -0.2) is 12.1 Å². The Bertz CT molecular complexity index is 492. The molecule has 0 spiro atoms. The van der Waals surface area contributed by atoms with E-state index >= 15 is 0 Å². The van der Waals surface area contributed by atoms with Gasteiger partial charge >= 0.3 is 0 Å². The Hall–Kier alpha value is -1.03. The van der Waals surface area contributed by atoms with Crippen LogP contribution >= 0.6 is 15.9 Å².